The van der Waals surface area contributed by atoms with Crippen molar-refractivity contribution in [1.29, 1.82) is 0 Å². The third-order valence-corrected chi connectivity index (χ3v) is 4.09. The fourth-order valence-corrected chi connectivity index (χ4v) is 3.11. The van der Waals surface area contributed by atoms with E-state index < -0.39 is 0 Å². The third-order valence-electron chi connectivity index (χ3n) is 4.09. The summed E-state index contributed by atoms with van der Waals surface area (Å²) in [7, 11) is 0. The van der Waals surface area contributed by atoms with Crippen molar-refractivity contribution in [3.63, 3.8) is 0 Å². The predicted octanol–water partition coefficient (Wildman–Crippen LogP) is 2.03. The molecule has 0 fully saturated rings. The first-order valence-corrected chi connectivity index (χ1v) is 6.97. The lowest BCUT2D eigenvalue weighted by Crippen LogP contribution is -2.42. The van der Waals surface area contributed by atoms with E-state index in [1.807, 2.05) is 4.68 Å². The molecule has 0 bridgehead atoms. The van der Waals surface area contributed by atoms with Gasteiger partial charge in [0, 0.05) is 18.5 Å². The second-order valence-corrected chi connectivity index (χ2v) is 5.34. The van der Waals surface area contributed by atoms with Crippen LogP contribution in [0.2, 0.25) is 0 Å². The standard InChI is InChI=1S/C15H20N4/c1-2-19-14(17-11-18-19)10-15(16)9-5-7-12-6-3-4-8-13(12)15/h3-4,6,8,11H,2,5,7,9-10,16H2,1H3. The van der Waals surface area contributed by atoms with Crippen LogP contribution in [0.3, 0.4) is 0 Å². The van der Waals surface area contributed by atoms with Crippen LogP contribution in [-0.2, 0) is 24.9 Å². The Kier molecular flexibility index (Phi) is 3.11. The van der Waals surface area contributed by atoms with Gasteiger partial charge in [0.15, 0.2) is 0 Å². The highest BCUT2D eigenvalue weighted by Gasteiger charge is 2.33. The topological polar surface area (TPSA) is 56.7 Å². The molecule has 0 saturated heterocycles. The minimum Gasteiger partial charge on any atom is -0.321 e. The van der Waals surface area contributed by atoms with Gasteiger partial charge in [0.25, 0.3) is 0 Å². The number of rotatable bonds is 3. The molecular weight excluding hydrogens is 236 g/mol. The highest BCUT2D eigenvalue weighted by molar-refractivity contribution is 5.36. The number of nitrogens with zero attached hydrogens (tertiary/aromatic N) is 3. The summed E-state index contributed by atoms with van der Waals surface area (Å²) in [6, 6.07) is 8.54. The van der Waals surface area contributed by atoms with E-state index in [1.165, 1.54) is 11.1 Å². The Bertz CT molecular complexity index is 575. The quantitative estimate of drug-likeness (QED) is 0.914. The molecule has 1 aliphatic rings. The Labute approximate surface area is 113 Å². The van der Waals surface area contributed by atoms with E-state index in [0.717, 1.165) is 38.1 Å². The van der Waals surface area contributed by atoms with Crippen LogP contribution < -0.4 is 5.73 Å². The first-order chi connectivity index (χ1) is 9.23. The van der Waals surface area contributed by atoms with Crippen molar-refractivity contribution in [2.45, 2.75) is 44.7 Å². The zero-order chi connectivity index (χ0) is 13.3. The molecule has 2 N–H and O–H groups in total. The van der Waals surface area contributed by atoms with E-state index in [1.54, 1.807) is 6.33 Å². The van der Waals surface area contributed by atoms with Gasteiger partial charge in [-0.25, -0.2) is 4.98 Å². The lowest BCUT2D eigenvalue weighted by Gasteiger charge is -2.35. The molecule has 1 aromatic heterocycles. The smallest absolute Gasteiger partial charge is 0.138 e. The molecule has 2 aromatic rings. The maximum Gasteiger partial charge on any atom is 0.138 e. The molecular formula is C15H20N4. The summed E-state index contributed by atoms with van der Waals surface area (Å²) in [6.45, 7) is 2.92. The molecule has 4 heteroatoms. The highest BCUT2D eigenvalue weighted by Crippen LogP contribution is 2.35. The van der Waals surface area contributed by atoms with Crippen molar-refractivity contribution in [3.05, 3.63) is 47.5 Å². The minimum atomic E-state index is -0.297. The second-order valence-electron chi connectivity index (χ2n) is 5.34. The SMILES string of the molecule is CCn1ncnc1CC1(N)CCCc2ccccc21. The fourth-order valence-electron chi connectivity index (χ4n) is 3.11. The molecule has 1 unspecified atom stereocenters. The van der Waals surface area contributed by atoms with Gasteiger partial charge in [0.2, 0.25) is 0 Å². The van der Waals surface area contributed by atoms with E-state index in [-0.39, 0.29) is 5.54 Å². The number of nitrogens with two attached hydrogens (primary N) is 1. The molecule has 0 saturated carbocycles. The van der Waals surface area contributed by atoms with E-state index in [0.29, 0.717) is 0 Å². The minimum absolute atomic E-state index is 0.297. The van der Waals surface area contributed by atoms with Crippen LogP contribution in [0.25, 0.3) is 0 Å². The third kappa shape index (κ3) is 2.16. The van der Waals surface area contributed by atoms with Gasteiger partial charge in [-0.1, -0.05) is 24.3 Å². The maximum absolute atomic E-state index is 6.70. The van der Waals surface area contributed by atoms with E-state index in [9.17, 15) is 0 Å². The van der Waals surface area contributed by atoms with Gasteiger partial charge in [-0.2, -0.15) is 5.10 Å². The summed E-state index contributed by atoms with van der Waals surface area (Å²) in [5.41, 5.74) is 9.08. The summed E-state index contributed by atoms with van der Waals surface area (Å²) in [4.78, 5) is 4.37. The first kappa shape index (κ1) is 12.4. The zero-order valence-corrected chi connectivity index (χ0v) is 11.3. The van der Waals surface area contributed by atoms with Gasteiger partial charge < -0.3 is 5.73 Å². The average Bonchev–Trinajstić information content (AvgIpc) is 2.86. The normalized spacial score (nSPS) is 22.2. The van der Waals surface area contributed by atoms with Crippen LogP contribution in [0, 0.1) is 0 Å². The molecule has 19 heavy (non-hydrogen) atoms. The number of hydrogen-bond acceptors (Lipinski definition) is 3. The van der Waals surface area contributed by atoms with E-state index >= 15 is 0 Å². The Hall–Kier alpha value is -1.68. The molecule has 3 rings (SSSR count). The summed E-state index contributed by atoms with van der Waals surface area (Å²) >= 11 is 0. The Morgan fingerprint density at radius 2 is 2.21 bits per heavy atom. The van der Waals surface area contributed by atoms with Gasteiger partial charge in [-0.05, 0) is 37.3 Å². The van der Waals surface area contributed by atoms with Crippen molar-refractivity contribution in [2.75, 3.05) is 0 Å². The maximum atomic E-state index is 6.70. The van der Waals surface area contributed by atoms with Crippen molar-refractivity contribution >= 4 is 0 Å². The van der Waals surface area contributed by atoms with Crippen LogP contribution in [0.5, 0.6) is 0 Å². The van der Waals surface area contributed by atoms with Crippen molar-refractivity contribution < 1.29 is 0 Å². The van der Waals surface area contributed by atoms with Gasteiger partial charge in [-0.15, -0.1) is 0 Å². The van der Waals surface area contributed by atoms with Crippen LogP contribution in [0.4, 0.5) is 0 Å². The van der Waals surface area contributed by atoms with Crippen molar-refractivity contribution in [1.82, 2.24) is 14.8 Å². The lowest BCUT2D eigenvalue weighted by molar-refractivity contribution is 0.355. The monoisotopic (exact) mass is 256 g/mol. The van der Waals surface area contributed by atoms with Gasteiger partial charge in [-0.3, -0.25) is 4.68 Å². The summed E-state index contributed by atoms with van der Waals surface area (Å²) in [5, 5.41) is 4.24. The lowest BCUT2D eigenvalue weighted by atomic mass is 9.75. The summed E-state index contributed by atoms with van der Waals surface area (Å²) in [5.74, 6) is 0.988. The molecule has 1 aromatic carbocycles. The van der Waals surface area contributed by atoms with E-state index in [2.05, 4.69) is 41.3 Å². The predicted molar refractivity (Wildman–Crippen MR) is 74.6 cm³/mol. The fraction of sp³-hybridized carbons (Fsp3) is 0.467. The second kappa shape index (κ2) is 4.78. The van der Waals surface area contributed by atoms with Crippen LogP contribution in [-0.4, -0.2) is 14.8 Å². The van der Waals surface area contributed by atoms with Crippen LogP contribution in [0.15, 0.2) is 30.6 Å². The molecule has 4 nitrogen and oxygen atoms in total. The Morgan fingerprint density at radius 1 is 1.37 bits per heavy atom. The number of benzene rings is 1. The van der Waals surface area contributed by atoms with Gasteiger partial charge >= 0.3 is 0 Å². The summed E-state index contributed by atoms with van der Waals surface area (Å²) in [6.07, 6.45) is 5.68. The molecule has 0 aliphatic heterocycles. The zero-order valence-electron chi connectivity index (χ0n) is 11.3. The number of aryl methyl sites for hydroxylation is 2. The summed E-state index contributed by atoms with van der Waals surface area (Å²) < 4.78 is 1.94. The van der Waals surface area contributed by atoms with Gasteiger partial charge in [0.1, 0.15) is 12.2 Å². The Balaban J connectivity index is 1.96. The molecule has 1 aliphatic carbocycles. The first-order valence-electron chi connectivity index (χ1n) is 6.97. The Morgan fingerprint density at radius 3 is 3.05 bits per heavy atom. The van der Waals surface area contributed by atoms with Crippen LogP contribution >= 0.6 is 0 Å². The van der Waals surface area contributed by atoms with Crippen molar-refractivity contribution in [2.24, 2.45) is 5.73 Å². The molecule has 0 spiro atoms. The molecule has 1 heterocycles. The number of aromatic nitrogens is 3. The molecule has 100 valence electrons. The highest BCUT2D eigenvalue weighted by atomic mass is 15.3. The van der Waals surface area contributed by atoms with Crippen molar-refractivity contribution in [3.8, 4) is 0 Å². The number of fused-ring (bicyclic) bond motifs is 1. The average molecular weight is 256 g/mol. The largest absolute Gasteiger partial charge is 0.321 e. The molecule has 0 amide bonds. The van der Waals surface area contributed by atoms with E-state index in [4.69, 9.17) is 5.73 Å². The van der Waals surface area contributed by atoms with Crippen LogP contribution in [0.1, 0.15) is 36.7 Å². The molecule has 0 radical (unpaired) electrons. The number of hydrogen-bond donors (Lipinski definition) is 1. The molecule has 1 atom stereocenters. The van der Waals surface area contributed by atoms with Gasteiger partial charge in [0.05, 0.1) is 0 Å².